The van der Waals surface area contributed by atoms with Crippen molar-refractivity contribution in [3.8, 4) is 0 Å². The van der Waals surface area contributed by atoms with Gasteiger partial charge in [-0.15, -0.1) is 0 Å². The van der Waals surface area contributed by atoms with E-state index in [0.29, 0.717) is 6.04 Å². The van der Waals surface area contributed by atoms with E-state index < -0.39 is 0 Å². The van der Waals surface area contributed by atoms with Gasteiger partial charge in [0, 0.05) is 27.2 Å². The Morgan fingerprint density at radius 1 is 1.20 bits per heavy atom. The molecular formula is C12H15Cl2N. The van der Waals surface area contributed by atoms with Gasteiger partial charge in [-0.25, -0.2) is 0 Å². The van der Waals surface area contributed by atoms with Crippen molar-refractivity contribution >= 4 is 23.2 Å². The van der Waals surface area contributed by atoms with E-state index in [-0.39, 0.29) is 5.54 Å². The third-order valence-electron chi connectivity index (χ3n) is 2.76. The van der Waals surface area contributed by atoms with E-state index in [2.05, 4.69) is 19.2 Å². The highest BCUT2D eigenvalue weighted by Crippen LogP contribution is 2.50. The van der Waals surface area contributed by atoms with Gasteiger partial charge in [0.05, 0.1) is 0 Å². The molecule has 0 spiro atoms. The highest BCUT2D eigenvalue weighted by molar-refractivity contribution is 6.36. The Hall–Kier alpha value is -0.240. The third-order valence-corrected chi connectivity index (χ3v) is 3.39. The highest BCUT2D eigenvalue weighted by atomic mass is 35.5. The van der Waals surface area contributed by atoms with Crippen LogP contribution < -0.4 is 5.32 Å². The average Bonchev–Trinajstić information content (AvgIpc) is 2.83. The lowest BCUT2D eigenvalue weighted by molar-refractivity contribution is 0.462. The molecule has 0 heterocycles. The Bertz CT molecular complexity index is 350. The summed E-state index contributed by atoms with van der Waals surface area (Å²) in [6.45, 7) is 4.29. The first kappa shape index (κ1) is 11.3. The molecule has 1 saturated carbocycles. The van der Waals surface area contributed by atoms with Crippen LogP contribution in [0.1, 0.15) is 32.3 Å². The van der Waals surface area contributed by atoms with E-state index in [0.717, 1.165) is 28.5 Å². The lowest BCUT2D eigenvalue weighted by Gasteiger charge is -2.23. The number of nitrogens with one attached hydrogen (secondary N) is 1. The zero-order valence-corrected chi connectivity index (χ0v) is 10.5. The zero-order chi connectivity index (χ0) is 11.1. The topological polar surface area (TPSA) is 12.0 Å². The first-order valence-electron chi connectivity index (χ1n) is 5.27. The van der Waals surface area contributed by atoms with Gasteiger partial charge in [-0.3, -0.25) is 0 Å². The van der Waals surface area contributed by atoms with Gasteiger partial charge < -0.3 is 5.32 Å². The van der Waals surface area contributed by atoms with Gasteiger partial charge in [-0.05, 0) is 25.0 Å². The molecule has 1 aliphatic rings. The molecule has 1 nitrogen and oxygen atoms in total. The van der Waals surface area contributed by atoms with Crippen molar-refractivity contribution < 1.29 is 0 Å². The maximum atomic E-state index is 6.21. The molecule has 0 bridgehead atoms. The monoisotopic (exact) mass is 243 g/mol. The van der Waals surface area contributed by atoms with Crippen molar-refractivity contribution in [2.75, 3.05) is 0 Å². The molecule has 15 heavy (non-hydrogen) atoms. The molecule has 2 rings (SSSR count). The molecule has 0 saturated heterocycles. The standard InChI is InChI=1S/C12H15Cl2N/c1-8(2)15-12(6-7-12)11-9(13)4-3-5-10(11)14/h3-5,8,15H,6-7H2,1-2H3. The molecule has 1 N–H and O–H groups in total. The van der Waals surface area contributed by atoms with Crippen LogP contribution in [0.25, 0.3) is 0 Å². The molecule has 0 amide bonds. The van der Waals surface area contributed by atoms with Gasteiger partial charge in [-0.2, -0.15) is 0 Å². The fraction of sp³-hybridized carbons (Fsp3) is 0.500. The van der Waals surface area contributed by atoms with Crippen molar-refractivity contribution in [1.29, 1.82) is 0 Å². The molecule has 0 aromatic heterocycles. The molecule has 1 aromatic carbocycles. The molecule has 1 aliphatic carbocycles. The van der Waals surface area contributed by atoms with E-state index in [1.165, 1.54) is 0 Å². The number of hydrogen-bond donors (Lipinski definition) is 1. The van der Waals surface area contributed by atoms with Crippen molar-refractivity contribution in [2.24, 2.45) is 0 Å². The van der Waals surface area contributed by atoms with Crippen LogP contribution in [0.5, 0.6) is 0 Å². The molecule has 3 heteroatoms. The minimum atomic E-state index is 0.0313. The predicted octanol–water partition coefficient (Wildman–Crippen LogP) is 3.98. The van der Waals surface area contributed by atoms with Crippen LogP contribution >= 0.6 is 23.2 Å². The Balaban J connectivity index is 2.37. The second-order valence-electron chi connectivity index (χ2n) is 4.48. The quantitative estimate of drug-likeness (QED) is 0.847. The fourth-order valence-corrected chi connectivity index (χ4v) is 2.86. The molecule has 1 fully saturated rings. The summed E-state index contributed by atoms with van der Waals surface area (Å²) in [6.07, 6.45) is 2.24. The Morgan fingerprint density at radius 2 is 1.73 bits per heavy atom. The van der Waals surface area contributed by atoms with Crippen molar-refractivity contribution in [3.05, 3.63) is 33.8 Å². The highest BCUT2D eigenvalue weighted by Gasteiger charge is 2.46. The minimum Gasteiger partial charge on any atom is -0.305 e. The minimum absolute atomic E-state index is 0.0313. The van der Waals surface area contributed by atoms with Crippen LogP contribution in [-0.4, -0.2) is 6.04 Å². The van der Waals surface area contributed by atoms with E-state index >= 15 is 0 Å². The summed E-state index contributed by atoms with van der Waals surface area (Å²) in [7, 11) is 0. The van der Waals surface area contributed by atoms with Crippen LogP contribution in [0.2, 0.25) is 10.0 Å². The summed E-state index contributed by atoms with van der Waals surface area (Å²) in [4.78, 5) is 0. The Labute approximate surface area is 101 Å². The predicted molar refractivity (Wildman–Crippen MR) is 65.6 cm³/mol. The van der Waals surface area contributed by atoms with E-state index in [9.17, 15) is 0 Å². The van der Waals surface area contributed by atoms with Gasteiger partial charge in [-0.1, -0.05) is 43.1 Å². The number of halogens is 2. The summed E-state index contributed by atoms with van der Waals surface area (Å²) in [6, 6.07) is 6.15. The summed E-state index contributed by atoms with van der Waals surface area (Å²) in [5.74, 6) is 0. The van der Waals surface area contributed by atoms with Crippen molar-refractivity contribution in [2.45, 2.75) is 38.3 Å². The van der Waals surface area contributed by atoms with Crippen LogP contribution in [0.4, 0.5) is 0 Å². The summed E-state index contributed by atoms with van der Waals surface area (Å²) < 4.78 is 0. The Kier molecular flexibility index (Phi) is 2.98. The fourth-order valence-electron chi connectivity index (χ4n) is 2.10. The van der Waals surface area contributed by atoms with Gasteiger partial charge in [0.1, 0.15) is 0 Å². The van der Waals surface area contributed by atoms with Gasteiger partial charge in [0.2, 0.25) is 0 Å². The zero-order valence-electron chi connectivity index (χ0n) is 8.98. The van der Waals surface area contributed by atoms with Crippen LogP contribution in [-0.2, 0) is 5.54 Å². The lowest BCUT2D eigenvalue weighted by Crippen LogP contribution is -2.35. The van der Waals surface area contributed by atoms with Crippen molar-refractivity contribution in [1.82, 2.24) is 5.32 Å². The molecule has 0 radical (unpaired) electrons. The normalized spacial score (nSPS) is 18.2. The number of hydrogen-bond acceptors (Lipinski definition) is 1. The van der Waals surface area contributed by atoms with E-state index in [1.807, 2.05) is 18.2 Å². The van der Waals surface area contributed by atoms with Gasteiger partial charge in [0.25, 0.3) is 0 Å². The first-order chi connectivity index (χ1) is 7.05. The molecule has 0 aliphatic heterocycles. The maximum absolute atomic E-state index is 6.21. The average molecular weight is 244 g/mol. The van der Waals surface area contributed by atoms with Crippen LogP contribution in [0, 0.1) is 0 Å². The van der Waals surface area contributed by atoms with Gasteiger partial charge in [0.15, 0.2) is 0 Å². The second-order valence-corrected chi connectivity index (χ2v) is 5.29. The molecule has 0 atom stereocenters. The maximum Gasteiger partial charge on any atom is 0.0471 e. The van der Waals surface area contributed by atoms with E-state index in [4.69, 9.17) is 23.2 Å². The molecule has 82 valence electrons. The van der Waals surface area contributed by atoms with E-state index in [1.54, 1.807) is 0 Å². The third kappa shape index (κ3) is 2.15. The smallest absolute Gasteiger partial charge is 0.0471 e. The molecule has 0 unspecified atom stereocenters. The summed E-state index contributed by atoms with van der Waals surface area (Å²) in [5.41, 5.74) is 1.10. The number of rotatable bonds is 3. The van der Waals surface area contributed by atoms with Crippen molar-refractivity contribution in [3.63, 3.8) is 0 Å². The first-order valence-corrected chi connectivity index (χ1v) is 6.03. The summed E-state index contributed by atoms with van der Waals surface area (Å²) in [5, 5.41) is 5.10. The Morgan fingerprint density at radius 3 is 2.13 bits per heavy atom. The lowest BCUT2D eigenvalue weighted by atomic mass is 10.0. The summed E-state index contributed by atoms with van der Waals surface area (Å²) >= 11 is 12.4. The molecular weight excluding hydrogens is 229 g/mol. The number of benzene rings is 1. The largest absolute Gasteiger partial charge is 0.305 e. The van der Waals surface area contributed by atoms with Crippen LogP contribution in [0.3, 0.4) is 0 Å². The second kappa shape index (κ2) is 3.97. The van der Waals surface area contributed by atoms with Crippen LogP contribution in [0.15, 0.2) is 18.2 Å². The SMILES string of the molecule is CC(C)NC1(c2c(Cl)cccc2Cl)CC1. The molecule has 1 aromatic rings. The van der Waals surface area contributed by atoms with Gasteiger partial charge >= 0.3 is 0 Å².